The number of likely N-dealkylation sites (N-methyl/N-ethyl adjacent to an activating group) is 1. The van der Waals surface area contributed by atoms with Crippen molar-refractivity contribution in [2.45, 2.75) is 19.4 Å². The zero-order valence-corrected chi connectivity index (χ0v) is 11.5. The van der Waals surface area contributed by atoms with E-state index in [-0.39, 0.29) is 0 Å². The van der Waals surface area contributed by atoms with Crippen LogP contribution in [0.3, 0.4) is 0 Å². The molecule has 1 aliphatic rings. The van der Waals surface area contributed by atoms with Gasteiger partial charge in [0.15, 0.2) is 0 Å². The monoisotopic (exact) mass is 282 g/mol. The van der Waals surface area contributed by atoms with Crippen molar-refractivity contribution in [2.75, 3.05) is 26.8 Å². The molecule has 110 valence electrons. The van der Waals surface area contributed by atoms with Gasteiger partial charge in [0.25, 0.3) is 0 Å². The molecule has 0 aliphatic heterocycles. The second-order valence-electron chi connectivity index (χ2n) is 5.26. The SMILES string of the molecule is CN(CCOCC1CC1)Cc1cccc([N+](=O)[O-])c1F. The first-order valence-corrected chi connectivity index (χ1v) is 6.76. The fraction of sp³-hybridized carbons (Fsp3) is 0.571. The quantitative estimate of drug-likeness (QED) is 0.418. The van der Waals surface area contributed by atoms with E-state index in [9.17, 15) is 14.5 Å². The Hall–Kier alpha value is -1.53. The van der Waals surface area contributed by atoms with Crippen molar-refractivity contribution >= 4 is 5.69 Å². The van der Waals surface area contributed by atoms with Crippen molar-refractivity contribution in [1.29, 1.82) is 0 Å². The molecule has 6 heteroatoms. The van der Waals surface area contributed by atoms with Gasteiger partial charge >= 0.3 is 5.69 Å². The maximum atomic E-state index is 13.9. The van der Waals surface area contributed by atoms with E-state index in [1.165, 1.54) is 25.0 Å². The molecule has 1 aromatic rings. The van der Waals surface area contributed by atoms with Crippen LogP contribution in [0, 0.1) is 21.8 Å². The molecule has 5 nitrogen and oxygen atoms in total. The number of benzene rings is 1. The van der Waals surface area contributed by atoms with Crippen LogP contribution in [0.25, 0.3) is 0 Å². The van der Waals surface area contributed by atoms with Gasteiger partial charge in [0.2, 0.25) is 5.82 Å². The highest BCUT2D eigenvalue weighted by Gasteiger charge is 2.21. The Balaban J connectivity index is 1.81. The molecule has 20 heavy (non-hydrogen) atoms. The largest absolute Gasteiger partial charge is 0.380 e. The van der Waals surface area contributed by atoms with Crippen LogP contribution in [-0.4, -0.2) is 36.6 Å². The van der Waals surface area contributed by atoms with Crippen LogP contribution < -0.4 is 0 Å². The van der Waals surface area contributed by atoms with E-state index in [4.69, 9.17) is 4.74 Å². The van der Waals surface area contributed by atoms with Gasteiger partial charge in [-0.15, -0.1) is 0 Å². The van der Waals surface area contributed by atoms with Crippen LogP contribution >= 0.6 is 0 Å². The molecule has 0 saturated heterocycles. The van der Waals surface area contributed by atoms with Gasteiger partial charge in [-0.1, -0.05) is 12.1 Å². The van der Waals surface area contributed by atoms with Crippen molar-refractivity contribution in [3.05, 3.63) is 39.7 Å². The van der Waals surface area contributed by atoms with E-state index in [0.717, 1.165) is 12.5 Å². The number of nitrogens with zero attached hydrogens (tertiary/aromatic N) is 2. The summed E-state index contributed by atoms with van der Waals surface area (Å²) in [6.45, 7) is 2.41. The smallest absolute Gasteiger partial charge is 0.305 e. The Kier molecular flexibility index (Phi) is 5.03. The summed E-state index contributed by atoms with van der Waals surface area (Å²) in [4.78, 5) is 11.9. The number of ether oxygens (including phenoxy) is 1. The van der Waals surface area contributed by atoms with E-state index in [1.807, 2.05) is 11.9 Å². The Labute approximate surface area is 117 Å². The Bertz CT molecular complexity index is 477. The molecule has 1 saturated carbocycles. The van der Waals surface area contributed by atoms with E-state index in [2.05, 4.69) is 0 Å². The third-order valence-corrected chi connectivity index (χ3v) is 3.36. The minimum atomic E-state index is -0.747. The van der Waals surface area contributed by atoms with Gasteiger partial charge in [0.05, 0.1) is 11.5 Å². The van der Waals surface area contributed by atoms with Crippen LogP contribution in [0.1, 0.15) is 18.4 Å². The van der Waals surface area contributed by atoms with Crippen LogP contribution in [0.5, 0.6) is 0 Å². The summed E-state index contributed by atoms with van der Waals surface area (Å²) in [5, 5.41) is 10.7. The molecule has 0 amide bonds. The molecule has 2 rings (SSSR count). The topological polar surface area (TPSA) is 55.6 Å². The molecule has 0 heterocycles. The lowest BCUT2D eigenvalue weighted by molar-refractivity contribution is -0.387. The van der Waals surface area contributed by atoms with E-state index < -0.39 is 16.4 Å². The van der Waals surface area contributed by atoms with Crippen LogP contribution in [0.15, 0.2) is 18.2 Å². The number of rotatable bonds is 8. The van der Waals surface area contributed by atoms with Crippen molar-refractivity contribution < 1.29 is 14.1 Å². The number of hydrogen-bond donors (Lipinski definition) is 0. The highest BCUT2D eigenvalue weighted by Crippen LogP contribution is 2.28. The first-order chi connectivity index (χ1) is 9.58. The Morgan fingerprint density at radius 1 is 1.50 bits per heavy atom. The molecule has 1 fully saturated rings. The highest BCUT2D eigenvalue weighted by atomic mass is 19.1. The van der Waals surface area contributed by atoms with Gasteiger partial charge in [-0.05, 0) is 25.8 Å². The molecular formula is C14H19FN2O3. The normalized spacial score (nSPS) is 14.8. The average molecular weight is 282 g/mol. The molecule has 0 aromatic heterocycles. The first kappa shape index (κ1) is 14.9. The van der Waals surface area contributed by atoms with Crippen molar-refractivity contribution in [2.24, 2.45) is 5.92 Å². The van der Waals surface area contributed by atoms with Crippen LogP contribution in [0.4, 0.5) is 10.1 Å². The molecule has 1 aromatic carbocycles. The summed E-state index contributed by atoms with van der Waals surface area (Å²) in [7, 11) is 1.85. The van der Waals surface area contributed by atoms with Gasteiger partial charge in [-0.25, -0.2) is 0 Å². The second-order valence-corrected chi connectivity index (χ2v) is 5.26. The second kappa shape index (κ2) is 6.76. The minimum absolute atomic E-state index is 0.334. The maximum absolute atomic E-state index is 13.9. The third-order valence-electron chi connectivity index (χ3n) is 3.36. The zero-order valence-electron chi connectivity index (χ0n) is 11.5. The molecule has 0 radical (unpaired) electrons. The first-order valence-electron chi connectivity index (χ1n) is 6.76. The summed E-state index contributed by atoms with van der Waals surface area (Å²) in [6, 6.07) is 4.26. The van der Waals surface area contributed by atoms with Gasteiger partial charge < -0.3 is 4.74 Å². The van der Waals surface area contributed by atoms with Crippen molar-refractivity contribution in [3.63, 3.8) is 0 Å². The fourth-order valence-corrected chi connectivity index (χ4v) is 1.95. The van der Waals surface area contributed by atoms with E-state index >= 15 is 0 Å². The standard InChI is InChI=1S/C14H19FN2O3/c1-16(7-8-20-10-11-5-6-11)9-12-3-2-4-13(14(12)15)17(18)19/h2-4,11H,5-10H2,1H3. The van der Waals surface area contributed by atoms with Gasteiger partial charge in [0.1, 0.15) is 0 Å². The lowest BCUT2D eigenvalue weighted by atomic mass is 10.1. The summed E-state index contributed by atoms with van der Waals surface area (Å²) in [5.41, 5.74) is -0.134. The van der Waals surface area contributed by atoms with Crippen molar-refractivity contribution in [3.8, 4) is 0 Å². The molecule has 0 N–H and O–H groups in total. The minimum Gasteiger partial charge on any atom is -0.380 e. The Morgan fingerprint density at radius 2 is 2.25 bits per heavy atom. The number of hydrogen-bond acceptors (Lipinski definition) is 4. The predicted octanol–water partition coefficient (Wildman–Crippen LogP) is 2.59. The molecule has 0 spiro atoms. The zero-order chi connectivity index (χ0) is 14.5. The summed E-state index contributed by atoms with van der Waals surface area (Å²) < 4.78 is 19.4. The van der Waals surface area contributed by atoms with Gasteiger partial charge in [0, 0.05) is 31.3 Å². The van der Waals surface area contributed by atoms with Crippen LogP contribution in [0.2, 0.25) is 0 Å². The van der Waals surface area contributed by atoms with E-state index in [1.54, 1.807) is 6.07 Å². The lowest BCUT2D eigenvalue weighted by Crippen LogP contribution is -2.23. The third kappa shape index (κ3) is 4.25. The number of nitro groups is 1. The van der Waals surface area contributed by atoms with Crippen molar-refractivity contribution in [1.82, 2.24) is 4.90 Å². The molecule has 0 bridgehead atoms. The number of nitro benzene ring substituents is 1. The summed E-state index contributed by atoms with van der Waals surface area (Å²) in [6.07, 6.45) is 2.52. The highest BCUT2D eigenvalue weighted by molar-refractivity contribution is 5.36. The molecule has 1 aliphatic carbocycles. The van der Waals surface area contributed by atoms with Crippen LogP contribution in [-0.2, 0) is 11.3 Å². The maximum Gasteiger partial charge on any atom is 0.305 e. The fourth-order valence-electron chi connectivity index (χ4n) is 1.95. The average Bonchev–Trinajstić information content (AvgIpc) is 3.21. The molecular weight excluding hydrogens is 263 g/mol. The number of halogens is 1. The molecule has 0 atom stereocenters. The summed E-state index contributed by atoms with van der Waals surface area (Å²) in [5.74, 6) is -0.0160. The van der Waals surface area contributed by atoms with Gasteiger partial charge in [-0.3, -0.25) is 15.0 Å². The van der Waals surface area contributed by atoms with E-state index in [0.29, 0.717) is 25.3 Å². The summed E-state index contributed by atoms with van der Waals surface area (Å²) >= 11 is 0. The predicted molar refractivity (Wildman–Crippen MR) is 72.9 cm³/mol. The Morgan fingerprint density at radius 3 is 2.90 bits per heavy atom. The van der Waals surface area contributed by atoms with Gasteiger partial charge in [-0.2, -0.15) is 4.39 Å². The lowest BCUT2D eigenvalue weighted by Gasteiger charge is -2.17. The molecule has 0 unspecified atom stereocenters.